The molecule has 1 aliphatic heterocycles. The van der Waals surface area contributed by atoms with Crippen LogP contribution in [0.1, 0.15) is 50.3 Å². The van der Waals surface area contributed by atoms with Crippen LogP contribution in [0.5, 0.6) is 5.88 Å². The lowest BCUT2D eigenvalue weighted by Gasteiger charge is -2.27. The van der Waals surface area contributed by atoms with Crippen LogP contribution >= 0.6 is 12.2 Å². The van der Waals surface area contributed by atoms with Crippen molar-refractivity contribution in [3.63, 3.8) is 0 Å². The second-order valence-electron chi connectivity index (χ2n) is 7.55. The summed E-state index contributed by atoms with van der Waals surface area (Å²) >= 11 is 5.21. The Morgan fingerprint density at radius 3 is 2.68 bits per heavy atom. The van der Waals surface area contributed by atoms with E-state index < -0.39 is 5.56 Å². The minimum absolute atomic E-state index is 0.00123. The summed E-state index contributed by atoms with van der Waals surface area (Å²) in [4.78, 5) is 21.1. The van der Waals surface area contributed by atoms with Gasteiger partial charge in [-0.2, -0.15) is 0 Å². The Bertz CT molecular complexity index is 928. The van der Waals surface area contributed by atoms with Crippen LogP contribution in [0, 0.1) is 4.77 Å². The first-order chi connectivity index (χ1) is 13.5. The second kappa shape index (κ2) is 9.30. The average molecular weight is 402 g/mol. The minimum atomic E-state index is -0.391. The lowest BCUT2D eigenvalue weighted by Crippen LogP contribution is -3.12. The van der Waals surface area contributed by atoms with Crippen molar-refractivity contribution in [2.24, 2.45) is 4.99 Å². The van der Waals surface area contributed by atoms with Crippen molar-refractivity contribution in [3.8, 4) is 5.88 Å². The second-order valence-corrected chi connectivity index (χ2v) is 7.93. The molecule has 0 radical (unpaired) electrons. The molecule has 3 N–H and O–H groups in total. The molecule has 1 saturated heterocycles. The highest BCUT2D eigenvalue weighted by molar-refractivity contribution is 7.71. The van der Waals surface area contributed by atoms with Gasteiger partial charge in [0.2, 0.25) is 5.88 Å². The third-order valence-corrected chi connectivity index (χ3v) is 5.86. The Labute approximate surface area is 170 Å². The van der Waals surface area contributed by atoms with Gasteiger partial charge in [-0.05, 0) is 25.6 Å². The molecule has 0 aliphatic carbocycles. The maximum Gasteiger partial charge on any atom is 0.264 e. The van der Waals surface area contributed by atoms with Gasteiger partial charge in [0, 0.05) is 30.7 Å². The monoisotopic (exact) mass is 401 g/mol. The molecule has 150 valence electrons. The van der Waals surface area contributed by atoms with E-state index in [1.165, 1.54) is 11.8 Å². The number of rotatable bonds is 6. The topological polar surface area (TPSA) is 74.8 Å². The smallest absolute Gasteiger partial charge is 0.264 e. The fourth-order valence-electron chi connectivity index (χ4n) is 3.66. The van der Waals surface area contributed by atoms with E-state index in [9.17, 15) is 9.90 Å². The van der Waals surface area contributed by atoms with Gasteiger partial charge in [0.1, 0.15) is 12.1 Å². The zero-order valence-corrected chi connectivity index (χ0v) is 17.3. The fourth-order valence-corrected chi connectivity index (χ4v) is 4.02. The maximum atomic E-state index is 12.3. The summed E-state index contributed by atoms with van der Waals surface area (Å²) in [6.07, 6.45) is 4.27. The summed E-state index contributed by atoms with van der Waals surface area (Å²) in [5, 5.41) is 10.6. The van der Waals surface area contributed by atoms with E-state index >= 15 is 0 Å². The normalized spacial score (nSPS) is 21.1. The molecule has 0 unspecified atom stereocenters. The number of quaternary nitrogens is 1. The van der Waals surface area contributed by atoms with Gasteiger partial charge in [0.05, 0.1) is 19.1 Å². The van der Waals surface area contributed by atoms with Crippen molar-refractivity contribution in [3.05, 3.63) is 56.6 Å². The van der Waals surface area contributed by atoms with Gasteiger partial charge in [0.15, 0.2) is 4.77 Å². The Hall–Kier alpha value is -2.25. The molecular formula is C21H29N4O2S+. The molecule has 7 heteroatoms. The van der Waals surface area contributed by atoms with Crippen LogP contribution in [0.4, 0.5) is 0 Å². The number of likely N-dealkylation sites (tertiary alicyclic amines) is 1. The Balaban J connectivity index is 1.67. The number of hydrogen-bond donors (Lipinski definition) is 3. The summed E-state index contributed by atoms with van der Waals surface area (Å²) in [6, 6.07) is 10.7. The number of nitrogens with zero attached hydrogens (tertiary/aromatic N) is 2. The van der Waals surface area contributed by atoms with E-state index in [2.05, 4.69) is 34.2 Å². The Kier molecular flexibility index (Phi) is 6.80. The Morgan fingerprint density at radius 1 is 1.36 bits per heavy atom. The zero-order valence-electron chi connectivity index (χ0n) is 16.5. The van der Waals surface area contributed by atoms with Crippen LogP contribution in [0.25, 0.3) is 0 Å². The summed E-state index contributed by atoms with van der Waals surface area (Å²) in [5.41, 5.74) is 1.15. The molecule has 1 aromatic heterocycles. The van der Waals surface area contributed by atoms with Gasteiger partial charge in [0.25, 0.3) is 5.56 Å². The van der Waals surface area contributed by atoms with E-state index in [4.69, 9.17) is 12.2 Å². The van der Waals surface area contributed by atoms with Gasteiger partial charge < -0.3 is 10.0 Å². The zero-order chi connectivity index (χ0) is 20.1. The van der Waals surface area contributed by atoms with Crippen molar-refractivity contribution >= 4 is 18.4 Å². The summed E-state index contributed by atoms with van der Waals surface area (Å²) in [7, 11) is 0. The molecule has 1 aromatic carbocycles. The number of aromatic nitrogens is 2. The van der Waals surface area contributed by atoms with E-state index in [0.29, 0.717) is 0 Å². The highest BCUT2D eigenvalue weighted by Gasteiger charge is 2.22. The maximum absolute atomic E-state index is 12.3. The number of aliphatic imine (C=N–C) groups is 1. The number of aromatic amines is 1. The van der Waals surface area contributed by atoms with E-state index in [0.717, 1.165) is 38.9 Å². The highest BCUT2D eigenvalue weighted by Crippen LogP contribution is 2.20. The third-order valence-electron chi connectivity index (χ3n) is 5.56. The largest absolute Gasteiger partial charge is 0.494 e. The lowest BCUT2D eigenvalue weighted by atomic mass is 10.0. The van der Waals surface area contributed by atoms with Crippen LogP contribution < -0.4 is 10.5 Å². The molecule has 28 heavy (non-hydrogen) atoms. The first-order valence-corrected chi connectivity index (χ1v) is 10.4. The molecule has 2 heterocycles. The third kappa shape index (κ3) is 4.77. The predicted octanol–water partition coefficient (Wildman–Crippen LogP) is 2.25. The molecule has 0 amide bonds. The number of H-pyrrole nitrogens is 1. The molecule has 1 fully saturated rings. The lowest BCUT2D eigenvalue weighted by molar-refractivity contribution is -0.918. The van der Waals surface area contributed by atoms with Crippen LogP contribution in [-0.4, -0.2) is 40.0 Å². The number of nitrogens with one attached hydrogen (secondary N) is 2. The predicted molar refractivity (Wildman–Crippen MR) is 114 cm³/mol. The van der Waals surface area contributed by atoms with Gasteiger partial charge in [-0.25, -0.2) is 0 Å². The van der Waals surface area contributed by atoms with Crippen LogP contribution in [0.3, 0.4) is 0 Å². The van der Waals surface area contributed by atoms with Crippen molar-refractivity contribution in [1.29, 1.82) is 0 Å². The summed E-state index contributed by atoms with van der Waals surface area (Å²) in [5.74, 6) is -0.0982. The highest BCUT2D eigenvalue weighted by atomic mass is 32.1. The minimum Gasteiger partial charge on any atom is -0.494 e. The van der Waals surface area contributed by atoms with Crippen LogP contribution in [0.15, 0.2) is 40.1 Å². The summed E-state index contributed by atoms with van der Waals surface area (Å²) in [6.45, 7) is 7.11. The molecular weight excluding hydrogens is 372 g/mol. The first kappa shape index (κ1) is 20.5. The van der Waals surface area contributed by atoms with Crippen molar-refractivity contribution < 1.29 is 10.0 Å². The molecule has 2 aromatic rings. The molecule has 1 atom stereocenters. The SMILES string of the molecule is CC[C@H](C)n1c(O)c(C=NC2CC[NH+](Cc3ccccc3)CC2)c(=O)[nH]c1=S. The van der Waals surface area contributed by atoms with Crippen molar-refractivity contribution in [2.75, 3.05) is 13.1 Å². The number of hydrogen-bond acceptors (Lipinski definition) is 4. The van der Waals surface area contributed by atoms with Gasteiger partial charge in [-0.3, -0.25) is 19.3 Å². The van der Waals surface area contributed by atoms with Crippen LogP contribution in [-0.2, 0) is 6.54 Å². The number of piperidine rings is 1. The van der Waals surface area contributed by atoms with Gasteiger partial charge in [-0.15, -0.1) is 0 Å². The molecule has 0 saturated carbocycles. The molecule has 1 aliphatic rings. The quantitative estimate of drug-likeness (QED) is 0.513. The van der Waals surface area contributed by atoms with Crippen molar-refractivity contribution in [1.82, 2.24) is 9.55 Å². The first-order valence-electron chi connectivity index (χ1n) is 9.98. The van der Waals surface area contributed by atoms with E-state index in [1.54, 1.807) is 9.47 Å². The molecule has 0 spiro atoms. The molecule has 0 bridgehead atoms. The summed E-state index contributed by atoms with van der Waals surface area (Å²) < 4.78 is 1.83. The van der Waals surface area contributed by atoms with E-state index in [-0.39, 0.29) is 28.3 Å². The number of benzene rings is 1. The molecule has 6 nitrogen and oxygen atoms in total. The Morgan fingerprint density at radius 2 is 2.04 bits per heavy atom. The van der Waals surface area contributed by atoms with E-state index in [1.807, 2.05) is 19.9 Å². The molecule has 3 rings (SSSR count). The van der Waals surface area contributed by atoms with Crippen LogP contribution in [0.2, 0.25) is 0 Å². The van der Waals surface area contributed by atoms with Gasteiger partial charge >= 0.3 is 0 Å². The number of aromatic hydroxyl groups is 1. The average Bonchev–Trinajstić information content (AvgIpc) is 2.69. The van der Waals surface area contributed by atoms with Crippen molar-refractivity contribution in [2.45, 2.75) is 51.7 Å². The standard InChI is InChI=1S/C21H28N4O2S/c1-3-15(2)25-20(27)18(19(26)23-21(25)28)13-22-17-9-11-24(12-10-17)14-16-7-5-4-6-8-16/h4-8,13,15,17,27H,3,9-12,14H2,1-2H3,(H,23,26,28)/p+1/t15-/m0/s1. The van der Waals surface area contributed by atoms with Gasteiger partial charge in [-0.1, -0.05) is 37.3 Å². The fraction of sp³-hybridized carbons (Fsp3) is 0.476.